The molecule has 4 heteroatoms. The van der Waals surface area contributed by atoms with Crippen molar-refractivity contribution >= 4 is 16.7 Å². The molecule has 0 atom stereocenters. The first-order valence-corrected chi connectivity index (χ1v) is 5.33. The second-order valence-corrected chi connectivity index (χ2v) is 3.93. The fraction of sp³-hybridized carbons (Fsp3) is 0.143. The molecule has 0 amide bonds. The molecule has 0 saturated heterocycles. The standard InChI is InChI=1S/C14H11NO3/c1-8-11-5-9(7-15)3-4-10(11)13(16)6-12(8)14(17)18-2/h3-6,16H,1-2H3. The second kappa shape index (κ2) is 4.38. The highest BCUT2D eigenvalue weighted by atomic mass is 16.5. The summed E-state index contributed by atoms with van der Waals surface area (Å²) in [6, 6.07) is 8.35. The number of benzene rings is 2. The minimum Gasteiger partial charge on any atom is -0.507 e. The summed E-state index contributed by atoms with van der Waals surface area (Å²) in [7, 11) is 1.29. The number of nitrogens with zero attached hydrogens (tertiary/aromatic N) is 1. The highest BCUT2D eigenvalue weighted by molar-refractivity contribution is 6.01. The van der Waals surface area contributed by atoms with Crippen LogP contribution in [0.2, 0.25) is 0 Å². The fourth-order valence-corrected chi connectivity index (χ4v) is 1.94. The molecule has 2 rings (SSSR count). The Bertz CT molecular complexity index is 683. The number of carbonyl (C=O) groups is 1. The van der Waals surface area contributed by atoms with Crippen LogP contribution in [0.15, 0.2) is 24.3 Å². The number of aromatic hydroxyl groups is 1. The van der Waals surface area contributed by atoms with E-state index < -0.39 is 5.97 Å². The van der Waals surface area contributed by atoms with Gasteiger partial charge in [-0.1, -0.05) is 0 Å². The SMILES string of the molecule is COC(=O)c1cc(O)c2ccc(C#N)cc2c1C. The molecule has 4 nitrogen and oxygen atoms in total. The zero-order chi connectivity index (χ0) is 13.3. The molecule has 0 spiro atoms. The minimum absolute atomic E-state index is 0.000454. The molecule has 2 aromatic rings. The predicted molar refractivity (Wildman–Crippen MR) is 66.4 cm³/mol. The third-order valence-corrected chi connectivity index (χ3v) is 2.92. The average molecular weight is 241 g/mol. The molecule has 0 aliphatic carbocycles. The summed E-state index contributed by atoms with van der Waals surface area (Å²) in [5.41, 5.74) is 1.47. The van der Waals surface area contributed by atoms with Crippen LogP contribution in [0.5, 0.6) is 5.75 Å². The molecule has 18 heavy (non-hydrogen) atoms. The van der Waals surface area contributed by atoms with Crippen LogP contribution in [0.1, 0.15) is 21.5 Å². The molecule has 0 heterocycles. The van der Waals surface area contributed by atoms with E-state index in [-0.39, 0.29) is 5.75 Å². The van der Waals surface area contributed by atoms with Gasteiger partial charge in [-0.3, -0.25) is 0 Å². The second-order valence-electron chi connectivity index (χ2n) is 3.93. The minimum atomic E-state index is -0.507. The van der Waals surface area contributed by atoms with E-state index in [9.17, 15) is 9.90 Å². The Hall–Kier alpha value is -2.54. The van der Waals surface area contributed by atoms with Crippen molar-refractivity contribution in [3.8, 4) is 11.8 Å². The summed E-state index contributed by atoms with van der Waals surface area (Å²) in [6.07, 6.45) is 0. The van der Waals surface area contributed by atoms with Gasteiger partial charge < -0.3 is 9.84 Å². The van der Waals surface area contributed by atoms with Crippen molar-refractivity contribution in [2.24, 2.45) is 0 Å². The summed E-state index contributed by atoms with van der Waals surface area (Å²) >= 11 is 0. The number of carbonyl (C=O) groups excluding carboxylic acids is 1. The maximum absolute atomic E-state index is 11.6. The number of esters is 1. The molecule has 0 unspecified atom stereocenters. The molecule has 0 aliphatic rings. The molecule has 0 bridgehead atoms. The molecular formula is C14H11NO3. The van der Waals surface area contributed by atoms with Crippen LogP contribution in [-0.2, 0) is 4.74 Å². The van der Waals surface area contributed by atoms with Crippen LogP contribution in [0.3, 0.4) is 0 Å². The number of ether oxygens (including phenoxy) is 1. The van der Waals surface area contributed by atoms with Crippen LogP contribution in [0.4, 0.5) is 0 Å². The molecule has 0 fully saturated rings. The van der Waals surface area contributed by atoms with Gasteiger partial charge in [-0.2, -0.15) is 5.26 Å². The van der Waals surface area contributed by atoms with Crippen LogP contribution < -0.4 is 0 Å². The van der Waals surface area contributed by atoms with E-state index in [1.54, 1.807) is 25.1 Å². The number of fused-ring (bicyclic) bond motifs is 1. The number of aryl methyl sites for hydroxylation is 1. The lowest BCUT2D eigenvalue weighted by Crippen LogP contribution is -2.04. The fourth-order valence-electron chi connectivity index (χ4n) is 1.94. The topological polar surface area (TPSA) is 70.3 Å². The van der Waals surface area contributed by atoms with E-state index >= 15 is 0 Å². The van der Waals surface area contributed by atoms with Crippen LogP contribution in [-0.4, -0.2) is 18.2 Å². The van der Waals surface area contributed by atoms with Crippen molar-refractivity contribution in [3.05, 3.63) is 41.0 Å². The number of methoxy groups -OCH3 is 1. The average Bonchev–Trinajstić information content (AvgIpc) is 2.41. The Morgan fingerprint density at radius 2 is 2.06 bits per heavy atom. The summed E-state index contributed by atoms with van der Waals surface area (Å²) in [6.45, 7) is 1.76. The van der Waals surface area contributed by atoms with E-state index in [1.807, 2.05) is 6.07 Å². The normalized spacial score (nSPS) is 10.1. The van der Waals surface area contributed by atoms with Crippen molar-refractivity contribution in [2.45, 2.75) is 6.92 Å². The van der Waals surface area contributed by atoms with Gasteiger partial charge in [-0.05, 0) is 42.1 Å². The zero-order valence-corrected chi connectivity index (χ0v) is 10.0. The molecule has 0 aromatic heterocycles. The Kier molecular flexibility index (Phi) is 2.90. The molecule has 1 N–H and O–H groups in total. The van der Waals surface area contributed by atoms with Gasteiger partial charge in [0.25, 0.3) is 0 Å². The highest BCUT2D eigenvalue weighted by Gasteiger charge is 2.15. The van der Waals surface area contributed by atoms with Crippen molar-refractivity contribution in [1.82, 2.24) is 0 Å². The first kappa shape index (κ1) is 11.9. The summed E-state index contributed by atoms with van der Waals surface area (Å²) < 4.78 is 4.66. The number of nitriles is 1. The number of hydrogen-bond acceptors (Lipinski definition) is 4. The maximum Gasteiger partial charge on any atom is 0.338 e. The quantitative estimate of drug-likeness (QED) is 0.779. The third-order valence-electron chi connectivity index (χ3n) is 2.92. The van der Waals surface area contributed by atoms with Crippen molar-refractivity contribution in [2.75, 3.05) is 7.11 Å². The number of rotatable bonds is 1. The van der Waals surface area contributed by atoms with Gasteiger partial charge in [0, 0.05) is 5.39 Å². The lowest BCUT2D eigenvalue weighted by Gasteiger charge is -2.10. The predicted octanol–water partition coefficient (Wildman–Crippen LogP) is 2.51. The number of hydrogen-bond donors (Lipinski definition) is 1. The molecular weight excluding hydrogens is 230 g/mol. The van der Waals surface area contributed by atoms with Gasteiger partial charge >= 0.3 is 5.97 Å². The Morgan fingerprint density at radius 1 is 1.33 bits per heavy atom. The number of phenols is 1. The Morgan fingerprint density at radius 3 is 2.67 bits per heavy atom. The van der Waals surface area contributed by atoms with Gasteiger partial charge in [0.1, 0.15) is 5.75 Å². The van der Waals surface area contributed by atoms with E-state index in [1.165, 1.54) is 13.2 Å². The maximum atomic E-state index is 11.6. The van der Waals surface area contributed by atoms with Gasteiger partial charge in [-0.15, -0.1) is 0 Å². The molecule has 2 aromatic carbocycles. The van der Waals surface area contributed by atoms with E-state index in [0.717, 1.165) is 0 Å². The van der Waals surface area contributed by atoms with Gasteiger partial charge in [0.15, 0.2) is 0 Å². The first-order valence-electron chi connectivity index (χ1n) is 5.33. The van der Waals surface area contributed by atoms with Gasteiger partial charge in [0.2, 0.25) is 0 Å². The lowest BCUT2D eigenvalue weighted by atomic mass is 9.97. The van der Waals surface area contributed by atoms with E-state index in [2.05, 4.69) is 4.74 Å². The van der Waals surface area contributed by atoms with Crippen molar-refractivity contribution in [1.29, 1.82) is 5.26 Å². The van der Waals surface area contributed by atoms with E-state index in [4.69, 9.17) is 5.26 Å². The first-order chi connectivity index (χ1) is 8.58. The zero-order valence-electron chi connectivity index (χ0n) is 10.0. The molecule has 0 saturated carbocycles. The largest absolute Gasteiger partial charge is 0.507 e. The van der Waals surface area contributed by atoms with Gasteiger partial charge in [-0.25, -0.2) is 4.79 Å². The molecule has 0 radical (unpaired) electrons. The van der Waals surface area contributed by atoms with E-state index in [0.29, 0.717) is 27.5 Å². The summed E-state index contributed by atoms with van der Waals surface area (Å²) in [4.78, 5) is 11.6. The summed E-state index contributed by atoms with van der Waals surface area (Å²) in [5.74, 6) is -0.507. The monoisotopic (exact) mass is 241 g/mol. The smallest absolute Gasteiger partial charge is 0.338 e. The Labute approximate surface area is 104 Å². The molecule has 90 valence electrons. The van der Waals surface area contributed by atoms with Crippen LogP contribution in [0, 0.1) is 18.3 Å². The highest BCUT2D eigenvalue weighted by Crippen LogP contribution is 2.31. The van der Waals surface area contributed by atoms with Gasteiger partial charge in [0.05, 0.1) is 24.3 Å². The lowest BCUT2D eigenvalue weighted by molar-refractivity contribution is 0.0599. The number of phenolic OH excluding ortho intramolecular Hbond substituents is 1. The van der Waals surface area contributed by atoms with Crippen LogP contribution in [0.25, 0.3) is 10.8 Å². The van der Waals surface area contributed by atoms with Crippen molar-refractivity contribution < 1.29 is 14.6 Å². The molecule has 0 aliphatic heterocycles. The van der Waals surface area contributed by atoms with Crippen LogP contribution >= 0.6 is 0 Å². The Balaban J connectivity index is 2.83. The summed E-state index contributed by atoms with van der Waals surface area (Å²) in [5, 5.41) is 20.1. The third kappa shape index (κ3) is 1.76. The van der Waals surface area contributed by atoms with Crippen molar-refractivity contribution in [3.63, 3.8) is 0 Å².